The number of hydrogen-bond acceptors (Lipinski definition) is 13. The molecule has 0 radical (unpaired) electrons. The second kappa shape index (κ2) is 22.9. The monoisotopic (exact) mass is 898 g/mol. The van der Waals surface area contributed by atoms with Crippen molar-refractivity contribution in [2.45, 2.75) is 167 Å². The summed E-state index contributed by atoms with van der Waals surface area (Å²) in [4.78, 5) is 72.0. The highest BCUT2D eigenvalue weighted by atomic mass is 16.6. The van der Waals surface area contributed by atoms with Crippen LogP contribution in [0.1, 0.15) is 112 Å². The van der Waals surface area contributed by atoms with Crippen molar-refractivity contribution < 1.29 is 63.0 Å². The summed E-state index contributed by atoms with van der Waals surface area (Å²) in [6, 6.07) is -1.12. The summed E-state index contributed by atoms with van der Waals surface area (Å²) in [5.41, 5.74) is 1.28. The van der Waals surface area contributed by atoms with Crippen LogP contribution >= 0.6 is 0 Å². The number of ketones is 3. The molecule has 0 aromatic heterocycles. The van der Waals surface area contributed by atoms with Gasteiger partial charge in [-0.1, -0.05) is 64.2 Å². The fourth-order valence-corrected chi connectivity index (χ4v) is 10.9. The van der Waals surface area contributed by atoms with Crippen LogP contribution in [0.3, 0.4) is 0 Å². The minimum Gasteiger partial charge on any atom is -0.460 e. The molecule has 1 saturated carbocycles. The van der Waals surface area contributed by atoms with Crippen molar-refractivity contribution in [2.24, 2.45) is 41.4 Å². The van der Waals surface area contributed by atoms with E-state index in [1.54, 1.807) is 41.1 Å². The average Bonchev–Trinajstić information content (AvgIpc) is 3.27. The van der Waals surface area contributed by atoms with Crippen molar-refractivity contribution in [3.8, 4) is 0 Å². The number of Topliss-reactive ketones (excluding diaryl/α,β-unsaturated/α-hetero) is 3. The number of aliphatic hydroxyl groups excluding tert-OH is 2. The standard InChI is InChI=1S/C50H75NO13/c1-28-14-11-10-12-15-29(2)40(60-7)26-35-19-17-33(6)50(59,64-35)47(56)48(57)51-21-13-16-36-37(24-34-18-20-38(52)42(25-34)61-8)41(63-49(58)43(36)51)27-39(53)30(3)23-32(5)45(55)46(62-9)44(54)31(4)22-28/h10-12,14-15,23,28,30-31,33-38,40-43,45-46,52,55,59H,13,16-22,24-27H2,1-9H3/b12-10+,14-11+,29-15+,32-23+/t28?,30?,31-,33-,34+,35+,36-,37?,38-,40+,41+,42-,43+,45+,46+,50-/m1/s1. The van der Waals surface area contributed by atoms with E-state index in [1.165, 1.54) is 12.0 Å². The molecule has 3 saturated heterocycles. The predicted octanol–water partition coefficient (Wildman–Crippen LogP) is 5.40. The van der Waals surface area contributed by atoms with E-state index in [9.17, 15) is 39.3 Å². The molecular weight excluding hydrogens is 823 g/mol. The second-order valence-corrected chi connectivity index (χ2v) is 19.5. The lowest BCUT2D eigenvalue weighted by molar-refractivity contribution is -0.266. The number of carbonyl (C=O) groups is 5. The van der Waals surface area contributed by atoms with Crippen molar-refractivity contribution >= 4 is 29.2 Å². The van der Waals surface area contributed by atoms with E-state index < -0.39 is 95.7 Å². The fraction of sp³-hybridized carbons (Fsp3) is 0.740. The van der Waals surface area contributed by atoms with Gasteiger partial charge in [0, 0.05) is 64.4 Å². The highest BCUT2D eigenvalue weighted by molar-refractivity contribution is 6.39. The zero-order valence-corrected chi connectivity index (χ0v) is 39.5. The van der Waals surface area contributed by atoms with Crippen molar-refractivity contribution in [3.05, 3.63) is 47.6 Å². The van der Waals surface area contributed by atoms with Crippen molar-refractivity contribution in [1.29, 1.82) is 0 Å². The SMILES string of the molecule is CO[C@H]1C[C@@H]2CC[C@@H](C)[C@@](O)(O2)C(=O)C(=O)N2CCC[C@@H]3C(C[C@@H]4CC[C@@H](O)[C@H](OC)C4)[C@H](CC(=O)C(C)/C=C(\C)[C@H](O)[C@@H](OC)C(=O)[C@H](C)CC(C)/C=C/C=C/C=C/1C)OC(=O)[C@H]32. The van der Waals surface area contributed by atoms with Crippen LogP contribution in [-0.4, -0.2) is 132 Å². The van der Waals surface area contributed by atoms with Gasteiger partial charge >= 0.3 is 5.97 Å². The van der Waals surface area contributed by atoms with Gasteiger partial charge < -0.3 is 43.9 Å². The molecule has 1 amide bonds. The average molecular weight is 898 g/mol. The van der Waals surface area contributed by atoms with Crippen molar-refractivity contribution in [2.75, 3.05) is 27.9 Å². The first kappa shape index (κ1) is 51.6. The summed E-state index contributed by atoms with van der Waals surface area (Å²) in [5.74, 6) is -8.43. The molecule has 4 bridgehead atoms. The number of allylic oxidation sites excluding steroid dienone is 6. The first-order chi connectivity index (χ1) is 30.3. The third kappa shape index (κ3) is 12.0. The smallest absolute Gasteiger partial charge is 0.329 e. The first-order valence-electron chi connectivity index (χ1n) is 23.5. The molecule has 0 aromatic rings. The van der Waals surface area contributed by atoms with Crippen molar-refractivity contribution in [1.82, 2.24) is 4.90 Å². The molecular formula is C50H75NO13. The maximum Gasteiger partial charge on any atom is 0.329 e. The summed E-state index contributed by atoms with van der Waals surface area (Å²) in [7, 11) is 4.52. The lowest BCUT2D eigenvalue weighted by atomic mass is 9.68. The fourth-order valence-electron chi connectivity index (χ4n) is 10.9. The molecule has 1 aliphatic carbocycles. The topological polar surface area (TPSA) is 195 Å². The molecule has 358 valence electrons. The molecule has 4 fully saturated rings. The van der Waals surface area contributed by atoms with Gasteiger partial charge in [-0.15, -0.1) is 0 Å². The van der Waals surface area contributed by atoms with Gasteiger partial charge in [-0.25, -0.2) is 4.79 Å². The van der Waals surface area contributed by atoms with Crippen LogP contribution in [-0.2, 0) is 47.7 Å². The summed E-state index contributed by atoms with van der Waals surface area (Å²) in [6.45, 7) is 10.9. The maximum absolute atomic E-state index is 14.4. The van der Waals surface area contributed by atoms with Gasteiger partial charge in [-0.2, -0.15) is 0 Å². The summed E-state index contributed by atoms with van der Waals surface area (Å²) in [5, 5.41) is 34.1. The molecule has 5 rings (SSSR count). The minimum atomic E-state index is -2.43. The molecule has 4 aliphatic heterocycles. The van der Waals surface area contributed by atoms with Crippen LogP contribution in [0.5, 0.6) is 0 Å². The van der Waals surface area contributed by atoms with Gasteiger partial charge in [-0.05, 0) is 101 Å². The molecule has 14 heteroatoms. The zero-order chi connectivity index (χ0) is 47.0. The lowest BCUT2D eigenvalue weighted by Gasteiger charge is -2.50. The third-order valence-electron chi connectivity index (χ3n) is 14.9. The number of carbonyl (C=O) groups excluding carboxylic acids is 5. The van der Waals surface area contributed by atoms with Crippen LogP contribution in [0, 0.1) is 41.4 Å². The van der Waals surface area contributed by atoms with E-state index in [0.717, 1.165) is 5.57 Å². The minimum absolute atomic E-state index is 0.0231. The number of piperidine rings is 1. The lowest BCUT2D eigenvalue weighted by Crippen LogP contribution is -2.65. The number of amides is 1. The Morgan fingerprint density at radius 1 is 0.844 bits per heavy atom. The molecule has 3 unspecified atom stereocenters. The van der Waals surface area contributed by atoms with Gasteiger partial charge in [0.2, 0.25) is 5.79 Å². The Morgan fingerprint density at radius 3 is 2.27 bits per heavy atom. The number of ether oxygens (including phenoxy) is 5. The Kier molecular flexibility index (Phi) is 18.5. The van der Waals surface area contributed by atoms with Crippen LogP contribution < -0.4 is 0 Å². The molecule has 0 aromatic carbocycles. The Balaban J connectivity index is 1.51. The van der Waals surface area contributed by atoms with Crippen molar-refractivity contribution in [3.63, 3.8) is 0 Å². The number of hydrogen-bond donors (Lipinski definition) is 3. The van der Waals surface area contributed by atoms with E-state index in [1.807, 2.05) is 51.2 Å². The van der Waals surface area contributed by atoms with Gasteiger partial charge in [0.25, 0.3) is 11.7 Å². The number of aliphatic hydroxyl groups is 3. The molecule has 64 heavy (non-hydrogen) atoms. The van der Waals surface area contributed by atoms with E-state index in [4.69, 9.17) is 23.7 Å². The van der Waals surface area contributed by atoms with Crippen LogP contribution in [0.2, 0.25) is 0 Å². The van der Waals surface area contributed by atoms with Crippen LogP contribution in [0.15, 0.2) is 47.6 Å². The highest BCUT2D eigenvalue weighted by Crippen LogP contribution is 2.45. The third-order valence-corrected chi connectivity index (χ3v) is 14.9. The van der Waals surface area contributed by atoms with Gasteiger partial charge in [-0.3, -0.25) is 19.2 Å². The van der Waals surface area contributed by atoms with E-state index in [2.05, 4.69) is 0 Å². The van der Waals surface area contributed by atoms with E-state index >= 15 is 0 Å². The Morgan fingerprint density at radius 2 is 1.58 bits per heavy atom. The summed E-state index contributed by atoms with van der Waals surface area (Å²) in [6.07, 6.45) is 10.8. The van der Waals surface area contributed by atoms with Gasteiger partial charge in [0.15, 0.2) is 5.78 Å². The summed E-state index contributed by atoms with van der Waals surface area (Å²) >= 11 is 0. The number of nitrogens with zero attached hydrogens (tertiary/aromatic N) is 1. The van der Waals surface area contributed by atoms with Crippen LogP contribution in [0.4, 0.5) is 0 Å². The molecule has 16 atom stereocenters. The molecule has 4 heterocycles. The normalized spacial score (nSPS) is 43.2. The predicted molar refractivity (Wildman–Crippen MR) is 238 cm³/mol. The number of methoxy groups -OCH3 is 3. The molecule has 5 aliphatic rings. The summed E-state index contributed by atoms with van der Waals surface area (Å²) < 4.78 is 29.4. The van der Waals surface area contributed by atoms with Crippen LogP contribution in [0.25, 0.3) is 0 Å². The highest BCUT2D eigenvalue weighted by Gasteiger charge is 2.57. The van der Waals surface area contributed by atoms with E-state index in [-0.39, 0.29) is 42.5 Å². The Bertz CT molecular complexity index is 1790. The Hall–Kier alpha value is -3.37. The molecule has 3 N–H and O–H groups in total. The maximum atomic E-state index is 14.4. The largest absolute Gasteiger partial charge is 0.460 e. The van der Waals surface area contributed by atoms with Gasteiger partial charge in [0.05, 0.1) is 24.4 Å². The second-order valence-electron chi connectivity index (χ2n) is 19.5. The molecule has 0 spiro atoms. The molecule has 14 nitrogen and oxygen atoms in total. The van der Waals surface area contributed by atoms with Gasteiger partial charge in [0.1, 0.15) is 30.1 Å². The number of esters is 1. The zero-order valence-electron chi connectivity index (χ0n) is 39.5. The number of fused-ring (bicyclic) bond motifs is 4. The van der Waals surface area contributed by atoms with E-state index in [0.29, 0.717) is 69.8 Å². The Labute approximate surface area is 379 Å². The number of rotatable bonds is 5. The quantitative estimate of drug-likeness (QED) is 0.181. The first-order valence-corrected chi connectivity index (χ1v) is 23.5.